The van der Waals surface area contributed by atoms with Crippen molar-refractivity contribution in [3.8, 4) is 0 Å². The molecule has 1 heterocycles. The molecule has 0 saturated heterocycles. The lowest BCUT2D eigenvalue weighted by molar-refractivity contribution is -0.854. The Hall–Kier alpha value is -0.340. The molecule has 9 heavy (non-hydrogen) atoms. The minimum absolute atomic E-state index is 0.306. The predicted molar refractivity (Wildman–Crippen MR) is 36.2 cm³/mol. The van der Waals surface area contributed by atoms with Gasteiger partial charge < -0.3 is 10.0 Å². The molecule has 1 aliphatic heterocycles. The van der Waals surface area contributed by atoms with Crippen LogP contribution < -0.4 is 4.90 Å². The quantitative estimate of drug-likeness (QED) is 0.498. The zero-order valence-electron chi connectivity index (χ0n) is 5.85. The van der Waals surface area contributed by atoms with E-state index >= 15 is 0 Å². The predicted octanol–water partition coefficient (Wildman–Crippen LogP) is -0.829. The molecule has 0 aromatic heterocycles. The van der Waals surface area contributed by atoms with E-state index in [1.54, 1.807) is 0 Å². The molecule has 0 aliphatic carbocycles. The van der Waals surface area contributed by atoms with Crippen LogP contribution in [0.15, 0.2) is 11.8 Å². The Kier molecular flexibility index (Phi) is 2.25. The summed E-state index contributed by atoms with van der Waals surface area (Å²) in [5.41, 5.74) is 1.39. The number of nitrogens with one attached hydrogen (secondary N) is 1. The van der Waals surface area contributed by atoms with Gasteiger partial charge in [-0.15, -0.1) is 0 Å². The molecule has 2 nitrogen and oxygen atoms in total. The summed E-state index contributed by atoms with van der Waals surface area (Å²) in [6.07, 6.45) is 3.42. The maximum atomic E-state index is 8.60. The van der Waals surface area contributed by atoms with Gasteiger partial charge in [0.1, 0.15) is 12.2 Å². The molecule has 0 spiro atoms. The molecular weight excluding hydrogens is 114 g/mol. The standard InChI is InChI=1S/C7H13NO/c1-7-3-2-4-8(7)5-6-9/h3,9H,2,4-6H2,1H3/p+1. The lowest BCUT2D eigenvalue weighted by Gasteiger charge is -2.10. The first-order chi connectivity index (χ1) is 4.34. The van der Waals surface area contributed by atoms with Crippen molar-refractivity contribution >= 4 is 0 Å². The smallest absolute Gasteiger partial charge is 0.105 e. The van der Waals surface area contributed by atoms with E-state index in [0.717, 1.165) is 6.54 Å². The van der Waals surface area contributed by atoms with Crippen molar-refractivity contribution in [1.29, 1.82) is 0 Å². The minimum Gasteiger partial charge on any atom is -0.391 e. The average Bonchev–Trinajstić information content (AvgIpc) is 2.18. The van der Waals surface area contributed by atoms with Crippen LogP contribution in [0.5, 0.6) is 0 Å². The summed E-state index contributed by atoms with van der Waals surface area (Å²) < 4.78 is 0. The number of aliphatic hydroxyl groups is 1. The molecule has 0 radical (unpaired) electrons. The van der Waals surface area contributed by atoms with Crippen molar-refractivity contribution in [2.75, 3.05) is 19.7 Å². The molecule has 1 atom stereocenters. The summed E-state index contributed by atoms with van der Waals surface area (Å²) in [6, 6.07) is 0. The van der Waals surface area contributed by atoms with E-state index in [2.05, 4.69) is 13.0 Å². The summed E-state index contributed by atoms with van der Waals surface area (Å²) in [6.45, 7) is 4.48. The van der Waals surface area contributed by atoms with E-state index in [1.165, 1.54) is 23.6 Å². The van der Waals surface area contributed by atoms with Crippen molar-refractivity contribution in [1.82, 2.24) is 0 Å². The normalized spacial score (nSPS) is 26.4. The van der Waals surface area contributed by atoms with Crippen LogP contribution >= 0.6 is 0 Å². The van der Waals surface area contributed by atoms with Crippen LogP contribution in [0, 0.1) is 0 Å². The van der Waals surface area contributed by atoms with Crippen LogP contribution in [0.4, 0.5) is 0 Å². The second-order valence-electron chi connectivity index (χ2n) is 2.50. The van der Waals surface area contributed by atoms with Gasteiger partial charge in [-0.05, 0) is 6.08 Å². The maximum Gasteiger partial charge on any atom is 0.105 e. The molecule has 52 valence electrons. The summed E-state index contributed by atoms with van der Waals surface area (Å²) in [5.74, 6) is 0. The zero-order valence-corrected chi connectivity index (χ0v) is 5.85. The number of rotatable bonds is 2. The second kappa shape index (κ2) is 2.99. The fraction of sp³-hybridized carbons (Fsp3) is 0.714. The van der Waals surface area contributed by atoms with Gasteiger partial charge in [-0.1, -0.05) is 0 Å². The first-order valence-corrected chi connectivity index (χ1v) is 3.47. The van der Waals surface area contributed by atoms with Gasteiger partial charge in [0.05, 0.1) is 13.2 Å². The highest BCUT2D eigenvalue weighted by atomic mass is 16.3. The Morgan fingerprint density at radius 1 is 1.78 bits per heavy atom. The van der Waals surface area contributed by atoms with Crippen molar-refractivity contribution in [3.63, 3.8) is 0 Å². The van der Waals surface area contributed by atoms with E-state index < -0.39 is 0 Å². The largest absolute Gasteiger partial charge is 0.391 e. The van der Waals surface area contributed by atoms with Gasteiger partial charge in [0.15, 0.2) is 0 Å². The van der Waals surface area contributed by atoms with Crippen molar-refractivity contribution < 1.29 is 10.0 Å². The highest BCUT2D eigenvalue weighted by molar-refractivity contribution is 4.90. The fourth-order valence-corrected chi connectivity index (χ4v) is 1.26. The Morgan fingerprint density at radius 3 is 3.00 bits per heavy atom. The molecule has 0 amide bonds. The lowest BCUT2D eigenvalue weighted by atomic mass is 10.4. The zero-order chi connectivity index (χ0) is 6.69. The van der Waals surface area contributed by atoms with E-state index in [4.69, 9.17) is 5.11 Å². The third-order valence-electron chi connectivity index (χ3n) is 1.87. The van der Waals surface area contributed by atoms with Gasteiger partial charge in [0.2, 0.25) is 0 Å². The van der Waals surface area contributed by atoms with Gasteiger partial charge in [0.25, 0.3) is 0 Å². The van der Waals surface area contributed by atoms with Crippen LogP contribution in [0.3, 0.4) is 0 Å². The monoisotopic (exact) mass is 128 g/mol. The first kappa shape index (κ1) is 6.78. The number of hydrogen-bond donors (Lipinski definition) is 2. The Balaban J connectivity index is 2.34. The molecule has 1 unspecified atom stereocenters. The van der Waals surface area contributed by atoms with Crippen LogP contribution in [0.25, 0.3) is 0 Å². The van der Waals surface area contributed by atoms with Crippen LogP contribution in [-0.2, 0) is 0 Å². The van der Waals surface area contributed by atoms with Gasteiger partial charge >= 0.3 is 0 Å². The highest BCUT2D eigenvalue weighted by Gasteiger charge is 2.14. The third kappa shape index (κ3) is 1.53. The maximum absolute atomic E-state index is 8.60. The van der Waals surface area contributed by atoms with E-state index in [9.17, 15) is 0 Å². The molecule has 0 saturated carbocycles. The fourth-order valence-electron chi connectivity index (χ4n) is 1.26. The highest BCUT2D eigenvalue weighted by Crippen LogP contribution is 1.91. The molecule has 2 N–H and O–H groups in total. The molecule has 0 aromatic rings. The van der Waals surface area contributed by atoms with E-state index in [1.807, 2.05) is 0 Å². The third-order valence-corrected chi connectivity index (χ3v) is 1.87. The molecule has 0 bridgehead atoms. The van der Waals surface area contributed by atoms with Crippen molar-refractivity contribution in [3.05, 3.63) is 11.8 Å². The summed E-state index contributed by atoms with van der Waals surface area (Å²) in [7, 11) is 0. The van der Waals surface area contributed by atoms with Crippen LogP contribution in [-0.4, -0.2) is 24.8 Å². The number of allylic oxidation sites excluding steroid dienone is 1. The number of aliphatic hydroxyl groups excluding tert-OH is 1. The SMILES string of the molecule is CC1=CCC[NH+]1CCO. The molecule has 1 rings (SSSR count). The van der Waals surface area contributed by atoms with Crippen LogP contribution in [0.2, 0.25) is 0 Å². The van der Waals surface area contributed by atoms with Crippen molar-refractivity contribution in [2.45, 2.75) is 13.3 Å². The van der Waals surface area contributed by atoms with E-state index in [0.29, 0.717) is 6.61 Å². The topological polar surface area (TPSA) is 24.7 Å². The molecule has 0 fully saturated rings. The molecule has 2 heteroatoms. The number of hydrogen-bond acceptors (Lipinski definition) is 1. The van der Waals surface area contributed by atoms with Crippen molar-refractivity contribution in [2.24, 2.45) is 0 Å². The van der Waals surface area contributed by atoms with Crippen LogP contribution in [0.1, 0.15) is 13.3 Å². The van der Waals surface area contributed by atoms with E-state index in [-0.39, 0.29) is 0 Å². The van der Waals surface area contributed by atoms with Gasteiger partial charge in [-0.3, -0.25) is 0 Å². The van der Waals surface area contributed by atoms with Gasteiger partial charge in [-0.2, -0.15) is 0 Å². The Bertz CT molecular complexity index is 120. The summed E-state index contributed by atoms with van der Waals surface area (Å²) in [5, 5.41) is 8.60. The first-order valence-electron chi connectivity index (χ1n) is 3.47. The molecular formula is C7H14NO+. The molecule has 1 aliphatic rings. The Morgan fingerprint density at radius 2 is 2.56 bits per heavy atom. The van der Waals surface area contributed by atoms with Gasteiger partial charge in [0, 0.05) is 13.3 Å². The van der Waals surface area contributed by atoms with Gasteiger partial charge in [-0.25, -0.2) is 0 Å². The average molecular weight is 128 g/mol. The Labute approximate surface area is 55.8 Å². The minimum atomic E-state index is 0.306. The lowest BCUT2D eigenvalue weighted by Crippen LogP contribution is -3.09. The number of quaternary nitrogens is 1. The molecule has 0 aromatic carbocycles. The second-order valence-corrected chi connectivity index (χ2v) is 2.50. The summed E-state index contributed by atoms with van der Waals surface area (Å²) in [4.78, 5) is 1.44. The summed E-state index contributed by atoms with van der Waals surface area (Å²) >= 11 is 0.